The summed E-state index contributed by atoms with van der Waals surface area (Å²) in [5, 5.41) is 2.27. The van der Waals surface area contributed by atoms with E-state index in [2.05, 4.69) is 10.3 Å². The van der Waals surface area contributed by atoms with Gasteiger partial charge in [0.1, 0.15) is 11.0 Å². The third-order valence-electron chi connectivity index (χ3n) is 2.51. The standard InChI is InChI=1S/C12H15ClF3N3O2/c1-19(7-11(20)17-3-4-21-2)10-6-8(12(14,15)16)5-9(13)18-10/h5-6H,3-4,7H2,1-2H3,(H,17,20). The summed E-state index contributed by atoms with van der Waals surface area (Å²) < 4.78 is 42.8. The van der Waals surface area contributed by atoms with E-state index in [9.17, 15) is 18.0 Å². The van der Waals surface area contributed by atoms with Gasteiger partial charge in [-0.1, -0.05) is 11.6 Å². The molecule has 0 aromatic carbocycles. The normalized spacial score (nSPS) is 11.3. The van der Waals surface area contributed by atoms with E-state index < -0.39 is 11.7 Å². The Balaban J connectivity index is 2.76. The van der Waals surface area contributed by atoms with E-state index in [0.29, 0.717) is 13.2 Å². The quantitative estimate of drug-likeness (QED) is 0.641. The third kappa shape index (κ3) is 5.76. The molecule has 1 aromatic heterocycles. The molecule has 0 spiro atoms. The average molecular weight is 326 g/mol. The average Bonchev–Trinajstić information content (AvgIpc) is 2.37. The summed E-state index contributed by atoms with van der Waals surface area (Å²) in [6, 6.07) is 1.58. The first-order valence-electron chi connectivity index (χ1n) is 5.95. The number of hydrogen-bond donors (Lipinski definition) is 1. The van der Waals surface area contributed by atoms with Crippen molar-refractivity contribution in [2.75, 3.05) is 38.8 Å². The fourth-order valence-corrected chi connectivity index (χ4v) is 1.69. The number of anilines is 1. The minimum Gasteiger partial charge on any atom is -0.383 e. The Morgan fingerprint density at radius 1 is 1.48 bits per heavy atom. The molecule has 0 fully saturated rings. The number of amides is 1. The molecular formula is C12H15ClF3N3O2. The van der Waals surface area contributed by atoms with Crippen LogP contribution >= 0.6 is 11.6 Å². The number of alkyl halides is 3. The number of nitrogens with zero attached hydrogens (tertiary/aromatic N) is 2. The molecule has 0 unspecified atom stereocenters. The highest BCUT2D eigenvalue weighted by molar-refractivity contribution is 6.29. The predicted molar refractivity (Wildman–Crippen MR) is 72.4 cm³/mol. The van der Waals surface area contributed by atoms with Gasteiger partial charge in [-0.05, 0) is 12.1 Å². The van der Waals surface area contributed by atoms with Gasteiger partial charge in [-0.3, -0.25) is 4.79 Å². The van der Waals surface area contributed by atoms with Gasteiger partial charge in [0, 0.05) is 20.7 Å². The molecule has 0 aliphatic heterocycles. The van der Waals surface area contributed by atoms with E-state index in [1.54, 1.807) is 0 Å². The second kappa shape index (κ2) is 7.46. The topological polar surface area (TPSA) is 54.5 Å². The van der Waals surface area contributed by atoms with E-state index in [1.807, 2.05) is 0 Å². The first kappa shape index (κ1) is 17.5. The van der Waals surface area contributed by atoms with Gasteiger partial charge in [0.15, 0.2) is 0 Å². The second-order valence-corrected chi connectivity index (χ2v) is 4.62. The van der Waals surface area contributed by atoms with Gasteiger partial charge in [0.2, 0.25) is 5.91 Å². The lowest BCUT2D eigenvalue weighted by Crippen LogP contribution is -2.37. The lowest BCUT2D eigenvalue weighted by atomic mass is 10.2. The van der Waals surface area contributed by atoms with Crippen molar-refractivity contribution < 1.29 is 22.7 Å². The van der Waals surface area contributed by atoms with Crippen LogP contribution in [0.15, 0.2) is 12.1 Å². The van der Waals surface area contributed by atoms with E-state index in [1.165, 1.54) is 19.1 Å². The smallest absolute Gasteiger partial charge is 0.383 e. The number of rotatable bonds is 6. The molecular weight excluding hydrogens is 311 g/mol. The molecule has 0 saturated carbocycles. The number of likely N-dealkylation sites (N-methyl/N-ethyl adjacent to an activating group) is 1. The molecule has 1 rings (SSSR count). The monoisotopic (exact) mass is 325 g/mol. The maximum Gasteiger partial charge on any atom is 0.416 e. The molecule has 0 radical (unpaired) electrons. The largest absolute Gasteiger partial charge is 0.416 e. The zero-order valence-corrected chi connectivity index (χ0v) is 12.3. The molecule has 21 heavy (non-hydrogen) atoms. The zero-order chi connectivity index (χ0) is 16.0. The fraction of sp³-hybridized carbons (Fsp3) is 0.500. The number of carbonyl (C=O) groups excluding carboxylic acids is 1. The molecule has 0 bridgehead atoms. The van der Waals surface area contributed by atoms with Crippen molar-refractivity contribution in [3.05, 3.63) is 22.8 Å². The number of methoxy groups -OCH3 is 1. The van der Waals surface area contributed by atoms with E-state index >= 15 is 0 Å². The molecule has 0 aliphatic carbocycles. The highest BCUT2D eigenvalue weighted by atomic mass is 35.5. The zero-order valence-electron chi connectivity index (χ0n) is 11.5. The summed E-state index contributed by atoms with van der Waals surface area (Å²) >= 11 is 5.58. The van der Waals surface area contributed by atoms with Crippen molar-refractivity contribution in [1.29, 1.82) is 0 Å². The Morgan fingerprint density at radius 3 is 2.71 bits per heavy atom. The Kier molecular flexibility index (Phi) is 6.22. The van der Waals surface area contributed by atoms with E-state index in [4.69, 9.17) is 16.3 Å². The predicted octanol–water partition coefficient (Wildman–Crippen LogP) is 1.95. The number of nitrogens with one attached hydrogen (secondary N) is 1. The number of aromatic nitrogens is 1. The Morgan fingerprint density at radius 2 is 2.14 bits per heavy atom. The third-order valence-corrected chi connectivity index (χ3v) is 2.70. The molecule has 5 nitrogen and oxygen atoms in total. The summed E-state index contributed by atoms with van der Waals surface area (Å²) in [6.07, 6.45) is -4.52. The summed E-state index contributed by atoms with van der Waals surface area (Å²) in [5.74, 6) is -0.387. The lowest BCUT2D eigenvalue weighted by Gasteiger charge is -2.19. The molecule has 1 heterocycles. The minimum absolute atomic E-state index is 0.0308. The fourth-order valence-electron chi connectivity index (χ4n) is 1.49. The molecule has 1 amide bonds. The van der Waals surface area contributed by atoms with Crippen molar-refractivity contribution in [3.8, 4) is 0 Å². The van der Waals surface area contributed by atoms with Crippen LogP contribution in [0.2, 0.25) is 5.15 Å². The van der Waals surface area contributed by atoms with E-state index in [0.717, 1.165) is 12.1 Å². The van der Waals surface area contributed by atoms with Crippen LogP contribution in [-0.4, -0.2) is 44.7 Å². The first-order valence-corrected chi connectivity index (χ1v) is 6.33. The SMILES string of the molecule is COCCNC(=O)CN(C)c1cc(C(F)(F)F)cc(Cl)n1. The number of carbonyl (C=O) groups is 1. The number of pyridine rings is 1. The summed E-state index contributed by atoms with van der Waals surface area (Å²) in [5.41, 5.74) is -0.913. The molecule has 0 aliphatic rings. The van der Waals surface area contributed by atoms with Crippen LogP contribution in [0, 0.1) is 0 Å². The molecule has 118 valence electrons. The van der Waals surface area contributed by atoms with Gasteiger partial charge in [-0.15, -0.1) is 0 Å². The highest BCUT2D eigenvalue weighted by Crippen LogP contribution is 2.32. The van der Waals surface area contributed by atoms with Crippen molar-refractivity contribution in [1.82, 2.24) is 10.3 Å². The summed E-state index contributed by atoms with van der Waals surface area (Å²) in [4.78, 5) is 16.6. The highest BCUT2D eigenvalue weighted by Gasteiger charge is 2.32. The number of ether oxygens (including phenoxy) is 1. The Bertz CT molecular complexity index is 497. The minimum atomic E-state index is -4.52. The molecule has 1 aromatic rings. The van der Waals surface area contributed by atoms with Crippen LogP contribution in [0.3, 0.4) is 0 Å². The van der Waals surface area contributed by atoms with Gasteiger partial charge in [-0.2, -0.15) is 13.2 Å². The molecule has 0 atom stereocenters. The number of halogens is 4. The van der Waals surface area contributed by atoms with Gasteiger partial charge in [-0.25, -0.2) is 4.98 Å². The second-order valence-electron chi connectivity index (χ2n) is 4.23. The van der Waals surface area contributed by atoms with Gasteiger partial charge >= 0.3 is 6.18 Å². The van der Waals surface area contributed by atoms with Crippen molar-refractivity contribution >= 4 is 23.3 Å². The maximum absolute atomic E-state index is 12.7. The van der Waals surface area contributed by atoms with Crippen LogP contribution in [0.4, 0.5) is 19.0 Å². The molecule has 1 N–H and O–H groups in total. The summed E-state index contributed by atoms with van der Waals surface area (Å²) in [6.45, 7) is 0.525. The summed E-state index contributed by atoms with van der Waals surface area (Å²) in [7, 11) is 2.95. The molecule has 9 heteroatoms. The van der Waals surface area contributed by atoms with Crippen LogP contribution in [0.5, 0.6) is 0 Å². The van der Waals surface area contributed by atoms with Gasteiger partial charge < -0.3 is 15.0 Å². The van der Waals surface area contributed by atoms with E-state index in [-0.39, 0.29) is 23.4 Å². The maximum atomic E-state index is 12.7. The molecule has 0 saturated heterocycles. The van der Waals surface area contributed by atoms with Crippen LogP contribution in [0.1, 0.15) is 5.56 Å². The Hall–Kier alpha value is -1.54. The first-order chi connectivity index (χ1) is 9.74. The van der Waals surface area contributed by atoms with Crippen molar-refractivity contribution in [2.45, 2.75) is 6.18 Å². The van der Waals surface area contributed by atoms with Crippen molar-refractivity contribution in [2.24, 2.45) is 0 Å². The van der Waals surface area contributed by atoms with Gasteiger partial charge in [0.25, 0.3) is 0 Å². The van der Waals surface area contributed by atoms with Gasteiger partial charge in [0.05, 0.1) is 18.7 Å². The van der Waals surface area contributed by atoms with Crippen LogP contribution in [-0.2, 0) is 15.7 Å². The lowest BCUT2D eigenvalue weighted by molar-refractivity contribution is -0.137. The van der Waals surface area contributed by atoms with Crippen LogP contribution in [0.25, 0.3) is 0 Å². The Labute approximate surface area is 125 Å². The number of hydrogen-bond acceptors (Lipinski definition) is 4. The van der Waals surface area contributed by atoms with Crippen LogP contribution < -0.4 is 10.2 Å². The van der Waals surface area contributed by atoms with Crippen molar-refractivity contribution in [3.63, 3.8) is 0 Å².